The first kappa shape index (κ1) is 18.4. The van der Waals surface area contributed by atoms with Crippen molar-refractivity contribution < 1.29 is 9.21 Å². The summed E-state index contributed by atoms with van der Waals surface area (Å²) in [7, 11) is 0. The van der Waals surface area contributed by atoms with E-state index in [1.165, 1.54) is 24.5 Å². The molecule has 0 bridgehead atoms. The van der Waals surface area contributed by atoms with Crippen LogP contribution in [-0.4, -0.2) is 30.4 Å². The van der Waals surface area contributed by atoms with Gasteiger partial charge in [-0.25, -0.2) is 0 Å². The van der Waals surface area contributed by atoms with Crippen LogP contribution in [0.4, 0.5) is 0 Å². The van der Waals surface area contributed by atoms with E-state index >= 15 is 0 Å². The van der Waals surface area contributed by atoms with Crippen molar-refractivity contribution in [2.24, 2.45) is 0 Å². The highest BCUT2D eigenvalue weighted by Gasteiger charge is 2.24. The molecule has 1 aliphatic heterocycles. The number of rotatable bonds is 5. The van der Waals surface area contributed by atoms with Crippen LogP contribution in [0.25, 0.3) is 11.0 Å². The van der Waals surface area contributed by atoms with Gasteiger partial charge in [0.15, 0.2) is 11.2 Å². The molecule has 1 atom stereocenters. The van der Waals surface area contributed by atoms with Gasteiger partial charge in [0.25, 0.3) is 5.91 Å². The van der Waals surface area contributed by atoms with Crippen LogP contribution in [-0.2, 0) is 0 Å². The number of carbonyl (C=O) groups is 1. The first-order chi connectivity index (χ1) is 13.6. The third-order valence-corrected chi connectivity index (χ3v) is 5.33. The fraction of sp³-hybridized carbons (Fsp3) is 0.304. The molecular weight excluding hydrogens is 352 g/mol. The highest BCUT2D eigenvalue weighted by molar-refractivity contribution is 5.93. The minimum Gasteiger partial charge on any atom is -0.451 e. The molecule has 0 spiro atoms. The van der Waals surface area contributed by atoms with E-state index in [0.717, 1.165) is 18.7 Å². The average Bonchev–Trinajstić information content (AvgIpc) is 3.24. The zero-order valence-electron chi connectivity index (χ0n) is 16.0. The van der Waals surface area contributed by atoms with Crippen molar-refractivity contribution in [3.8, 4) is 0 Å². The lowest BCUT2D eigenvalue weighted by Crippen LogP contribution is -2.37. The Morgan fingerprint density at radius 1 is 1.11 bits per heavy atom. The molecule has 0 radical (unpaired) electrons. The molecule has 0 aliphatic carbocycles. The first-order valence-corrected chi connectivity index (χ1v) is 9.73. The molecular formula is C23H24N2O3. The second-order valence-electron chi connectivity index (χ2n) is 7.35. The van der Waals surface area contributed by atoms with Gasteiger partial charge in [-0.3, -0.25) is 14.5 Å². The highest BCUT2D eigenvalue weighted by Crippen LogP contribution is 2.24. The number of amides is 1. The van der Waals surface area contributed by atoms with Gasteiger partial charge in [-0.15, -0.1) is 0 Å². The number of carbonyl (C=O) groups excluding carboxylic acids is 1. The normalized spacial score (nSPS) is 15.6. The maximum Gasteiger partial charge on any atom is 0.287 e. The summed E-state index contributed by atoms with van der Waals surface area (Å²) < 4.78 is 5.70. The van der Waals surface area contributed by atoms with Crippen molar-refractivity contribution in [1.29, 1.82) is 0 Å². The van der Waals surface area contributed by atoms with Crippen LogP contribution < -0.4 is 10.7 Å². The van der Waals surface area contributed by atoms with E-state index in [-0.39, 0.29) is 23.1 Å². The fourth-order valence-corrected chi connectivity index (χ4v) is 3.84. The number of nitrogens with one attached hydrogen (secondary N) is 1. The van der Waals surface area contributed by atoms with Crippen LogP contribution in [0.5, 0.6) is 0 Å². The molecule has 1 saturated heterocycles. The molecule has 2 heterocycles. The lowest BCUT2D eigenvalue weighted by molar-refractivity contribution is 0.0910. The van der Waals surface area contributed by atoms with Crippen molar-refractivity contribution >= 4 is 16.9 Å². The Balaban J connectivity index is 1.54. The molecule has 1 N–H and O–H groups in total. The Morgan fingerprint density at radius 2 is 1.86 bits per heavy atom. The maximum atomic E-state index is 12.7. The number of likely N-dealkylation sites (tertiary alicyclic amines) is 1. The molecule has 5 heteroatoms. The zero-order valence-corrected chi connectivity index (χ0v) is 16.0. The Kier molecular flexibility index (Phi) is 5.26. The first-order valence-electron chi connectivity index (χ1n) is 9.73. The van der Waals surface area contributed by atoms with Gasteiger partial charge in [0.05, 0.1) is 11.4 Å². The fourth-order valence-electron chi connectivity index (χ4n) is 3.84. The number of nitrogens with zero attached hydrogens (tertiary/aromatic N) is 1. The summed E-state index contributed by atoms with van der Waals surface area (Å²) in [4.78, 5) is 27.5. The Bertz CT molecular complexity index is 1040. The minimum absolute atomic E-state index is 0.0505. The summed E-state index contributed by atoms with van der Waals surface area (Å²) in [6, 6.07) is 17.0. The van der Waals surface area contributed by atoms with Crippen molar-refractivity contribution in [3.63, 3.8) is 0 Å². The molecule has 1 aliphatic rings. The van der Waals surface area contributed by atoms with Crippen LogP contribution >= 0.6 is 0 Å². The lowest BCUT2D eigenvalue weighted by Gasteiger charge is -2.28. The van der Waals surface area contributed by atoms with Crippen LogP contribution in [0.1, 0.15) is 40.6 Å². The monoisotopic (exact) mass is 376 g/mol. The third-order valence-electron chi connectivity index (χ3n) is 5.33. The molecule has 0 saturated carbocycles. The van der Waals surface area contributed by atoms with Gasteiger partial charge in [0.2, 0.25) is 0 Å². The Hall–Kier alpha value is -2.92. The second kappa shape index (κ2) is 7.98. The van der Waals surface area contributed by atoms with Gasteiger partial charge >= 0.3 is 0 Å². The van der Waals surface area contributed by atoms with Gasteiger partial charge in [-0.2, -0.15) is 0 Å². The van der Waals surface area contributed by atoms with Crippen molar-refractivity contribution in [2.45, 2.75) is 25.8 Å². The van der Waals surface area contributed by atoms with Gasteiger partial charge in [0.1, 0.15) is 5.58 Å². The summed E-state index contributed by atoms with van der Waals surface area (Å²) in [6.07, 6.45) is 2.35. The van der Waals surface area contributed by atoms with Crippen LogP contribution in [0.3, 0.4) is 0 Å². The SMILES string of the molecule is Cc1ccc2oc(C(=O)NCC(c3ccccc3)N3CCCC3)cc(=O)c2c1. The largest absolute Gasteiger partial charge is 0.451 e. The molecule has 144 valence electrons. The zero-order chi connectivity index (χ0) is 19.5. The quantitative estimate of drug-likeness (QED) is 0.738. The molecule has 5 nitrogen and oxygen atoms in total. The van der Waals surface area contributed by atoms with Crippen LogP contribution in [0.2, 0.25) is 0 Å². The average molecular weight is 376 g/mol. The molecule has 1 fully saturated rings. The summed E-state index contributed by atoms with van der Waals surface area (Å²) in [5.74, 6) is -0.311. The van der Waals surface area contributed by atoms with Crippen molar-refractivity contribution in [1.82, 2.24) is 10.2 Å². The minimum atomic E-state index is -0.361. The van der Waals surface area contributed by atoms with Crippen LogP contribution in [0.15, 0.2) is 63.8 Å². The third kappa shape index (κ3) is 3.85. The van der Waals surface area contributed by atoms with Gasteiger partial charge in [-0.05, 0) is 50.6 Å². The van der Waals surface area contributed by atoms with E-state index in [9.17, 15) is 9.59 Å². The highest BCUT2D eigenvalue weighted by atomic mass is 16.3. The smallest absolute Gasteiger partial charge is 0.287 e. The Morgan fingerprint density at radius 3 is 2.61 bits per heavy atom. The molecule has 28 heavy (non-hydrogen) atoms. The van der Waals surface area contributed by atoms with E-state index in [1.54, 1.807) is 12.1 Å². The summed E-state index contributed by atoms with van der Waals surface area (Å²) in [6.45, 7) is 4.44. The number of fused-ring (bicyclic) bond motifs is 1. The maximum absolute atomic E-state index is 12.7. The molecule has 1 unspecified atom stereocenters. The molecule has 3 aromatic rings. The summed E-state index contributed by atoms with van der Waals surface area (Å²) >= 11 is 0. The predicted molar refractivity (Wildman–Crippen MR) is 110 cm³/mol. The molecule has 1 amide bonds. The van der Waals surface area contributed by atoms with E-state index in [2.05, 4.69) is 22.3 Å². The van der Waals surface area contributed by atoms with Crippen LogP contribution in [0, 0.1) is 6.92 Å². The molecule has 2 aromatic carbocycles. The van der Waals surface area contributed by atoms with Gasteiger partial charge < -0.3 is 9.73 Å². The predicted octanol–water partition coefficient (Wildman–Crippen LogP) is 3.67. The van der Waals surface area contributed by atoms with E-state index < -0.39 is 0 Å². The number of benzene rings is 2. The number of hydrogen-bond acceptors (Lipinski definition) is 4. The van der Waals surface area contributed by atoms with Crippen molar-refractivity contribution in [2.75, 3.05) is 19.6 Å². The number of aryl methyl sites for hydroxylation is 1. The summed E-state index contributed by atoms with van der Waals surface area (Å²) in [5, 5.41) is 3.46. The second-order valence-corrected chi connectivity index (χ2v) is 7.35. The van der Waals surface area contributed by atoms with E-state index in [0.29, 0.717) is 17.5 Å². The Labute approximate surface area is 164 Å². The van der Waals surface area contributed by atoms with Gasteiger partial charge in [-0.1, -0.05) is 42.0 Å². The van der Waals surface area contributed by atoms with E-state index in [4.69, 9.17) is 4.42 Å². The summed E-state index contributed by atoms with van der Waals surface area (Å²) in [5.41, 5.74) is 2.39. The molecule has 1 aromatic heterocycles. The van der Waals surface area contributed by atoms with Gasteiger partial charge in [0, 0.05) is 12.6 Å². The molecule has 4 rings (SSSR count). The number of hydrogen-bond donors (Lipinski definition) is 1. The standard InChI is InChI=1S/C23H24N2O3/c1-16-9-10-21-18(13-16)20(26)14-22(28-21)23(27)24-15-19(25-11-5-6-12-25)17-7-3-2-4-8-17/h2-4,7-10,13-14,19H,5-6,11-12,15H2,1H3,(H,24,27). The topological polar surface area (TPSA) is 62.6 Å². The lowest BCUT2D eigenvalue weighted by atomic mass is 10.1. The van der Waals surface area contributed by atoms with E-state index in [1.807, 2.05) is 31.2 Å². The van der Waals surface area contributed by atoms with Crippen molar-refractivity contribution in [3.05, 3.63) is 81.7 Å².